The summed E-state index contributed by atoms with van der Waals surface area (Å²) in [5.74, 6) is -0.703. The van der Waals surface area contributed by atoms with Crippen LogP contribution in [0.5, 0.6) is 0 Å². The van der Waals surface area contributed by atoms with E-state index in [-0.39, 0.29) is 11.5 Å². The van der Waals surface area contributed by atoms with Crippen molar-refractivity contribution in [2.45, 2.75) is 25.2 Å². The highest BCUT2D eigenvalue weighted by Crippen LogP contribution is 2.38. The summed E-state index contributed by atoms with van der Waals surface area (Å²) >= 11 is 0. The molecule has 6 heteroatoms. The third-order valence-electron chi connectivity index (χ3n) is 3.64. The van der Waals surface area contributed by atoms with Gasteiger partial charge >= 0.3 is 5.97 Å². The first-order valence-corrected chi connectivity index (χ1v) is 6.40. The van der Waals surface area contributed by atoms with Gasteiger partial charge in [-0.05, 0) is 31.0 Å². The third-order valence-corrected chi connectivity index (χ3v) is 3.64. The maximum atomic E-state index is 11.0. The van der Waals surface area contributed by atoms with Crippen molar-refractivity contribution in [3.8, 4) is 11.8 Å². The maximum Gasteiger partial charge on any atom is 0.335 e. The Hall–Kier alpha value is -2.68. The molecule has 2 aromatic rings. The quantitative estimate of drug-likeness (QED) is 0.920. The van der Waals surface area contributed by atoms with E-state index in [2.05, 4.69) is 16.4 Å². The summed E-state index contributed by atoms with van der Waals surface area (Å²) in [6, 6.07) is 8.56. The largest absolute Gasteiger partial charge is 0.478 e. The minimum absolute atomic E-state index is 0.191. The Labute approximate surface area is 115 Å². The molecule has 0 amide bonds. The lowest BCUT2D eigenvalue weighted by atomic mass is 9.82. The molecule has 3 rings (SSSR count). The van der Waals surface area contributed by atoms with E-state index in [0.29, 0.717) is 11.4 Å². The van der Waals surface area contributed by atoms with Crippen LogP contribution < -0.4 is 0 Å². The summed E-state index contributed by atoms with van der Waals surface area (Å²) in [6.07, 6.45) is 3.16. The molecule has 0 bridgehead atoms. The van der Waals surface area contributed by atoms with E-state index >= 15 is 0 Å². The lowest BCUT2D eigenvalue weighted by Crippen LogP contribution is -2.15. The summed E-state index contributed by atoms with van der Waals surface area (Å²) in [7, 11) is 0. The van der Waals surface area contributed by atoms with E-state index in [1.54, 1.807) is 22.9 Å². The van der Waals surface area contributed by atoms with Gasteiger partial charge in [0.25, 0.3) is 0 Å². The Morgan fingerprint density at radius 2 is 2.25 bits per heavy atom. The number of carboxylic acid groups (broad SMARTS) is 1. The number of rotatable bonds is 3. The zero-order valence-corrected chi connectivity index (χ0v) is 10.7. The number of hydrogen-bond acceptors (Lipinski definition) is 4. The fourth-order valence-electron chi connectivity index (χ4n) is 2.38. The van der Waals surface area contributed by atoms with Gasteiger partial charge in [0, 0.05) is 5.92 Å². The molecule has 1 fully saturated rings. The number of carboxylic acids is 1. The maximum absolute atomic E-state index is 11.0. The second-order valence-corrected chi connectivity index (χ2v) is 4.83. The molecule has 0 radical (unpaired) electrons. The Balaban J connectivity index is 2.10. The summed E-state index contributed by atoms with van der Waals surface area (Å²) in [4.78, 5) is 11.0. The van der Waals surface area contributed by atoms with E-state index in [0.717, 1.165) is 25.0 Å². The second-order valence-electron chi connectivity index (χ2n) is 4.83. The number of hydrogen-bond donors (Lipinski definition) is 1. The molecule has 1 aliphatic carbocycles. The molecule has 0 unspecified atom stereocenters. The molecule has 1 saturated carbocycles. The normalized spacial score (nSPS) is 14.6. The summed E-state index contributed by atoms with van der Waals surface area (Å²) in [5, 5.41) is 26.1. The van der Waals surface area contributed by atoms with Crippen LogP contribution in [0.25, 0.3) is 5.69 Å². The molecule has 100 valence electrons. The summed E-state index contributed by atoms with van der Waals surface area (Å²) in [5.41, 5.74) is 1.94. The zero-order chi connectivity index (χ0) is 14.1. The van der Waals surface area contributed by atoms with Crippen LogP contribution >= 0.6 is 0 Å². The molecule has 0 aliphatic heterocycles. The zero-order valence-electron chi connectivity index (χ0n) is 10.7. The first kappa shape index (κ1) is 12.4. The summed E-state index contributed by atoms with van der Waals surface area (Å²) < 4.78 is 1.59. The van der Waals surface area contributed by atoms with Crippen LogP contribution in [-0.2, 0) is 0 Å². The molecule has 1 aromatic heterocycles. The molecular weight excluding hydrogens is 256 g/mol. The molecule has 0 spiro atoms. The average Bonchev–Trinajstić information content (AvgIpc) is 2.80. The van der Waals surface area contributed by atoms with E-state index in [1.807, 2.05) is 0 Å². The predicted octanol–water partition coefficient (Wildman–Crippen LogP) is 2.10. The molecule has 20 heavy (non-hydrogen) atoms. The summed E-state index contributed by atoms with van der Waals surface area (Å²) in [6.45, 7) is 0. The van der Waals surface area contributed by atoms with Crippen molar-refractivity contribution in [3.63, 3.8) is 0 Å². The first-order chi connectivity index (χ1) is 9.70. The van der Waals surface area contributed by atoms with Crippen LogP contribution in [-0.4, -0.2) is 26.1 Å². The van der Waals surface area contributed by atoms with Gasteiger partial charge in [-0.1, -0.05) is 17.7 Å². The highest BCUT2D eigenvalue weighted by atomic mass is 16.4. The standard InChI is InChI=1S/C14H12N4O2/c15-8-12-13(9-3-1-4-9)18(17-16-12)11-6-2-5-10(7-11)14(19)20/h2,5-7,9H,1,3-4H2,(H,19,20). The van der Waals surface area contributed by atoms with Crippen LogP contribution in [0.1, 0.15) is 46.9 Å². The van der Waals surface area contributed by atoms with E-state index in [9.17, 15) is 4.79 Å². The topological polar surface area (TPSA) is 91.8 Å². The van der Waals surface area contributed by atoms with Crippen molar-refractivity contribution >= 4 is 5.97 Å². The highest BCUT2D eigenvalue weighted by Gasteiger charge is 2.28. The van der Waals surface area contributed by atoms with Crippen molar-refractivity contribution < 1.29 is 9.90 Å². The fourth-order valence-corrected chi connectivity index (χ4v) is 2.38. The van der Waals surface area contributed by atoms with Gasteiger partial charge in [-0.15, -0.1) is 5.10 Å². The Bertz CT molecular complexity index is 710. The van der Waals surface area contributed by atoms with Crippen LogP contribution in [0, 0.1) is 11.3 Å². The van der Waals surface area contributed by atoms with Crippen molar-refractivity contribution in [3.05, 3.63) is 41.2 Å². The smallest absolute Gasteiger partial charge is 0.335 e. The van der Waals surface area contributed by atoms with E-state index in [1.165, 1.54) is 6.07 Å². The van der Waals surface area contributed by atoms with Gasteiger partial charge in [-0.3, -0.25) is 0 Å². The SMILES string of the molecule is N#Cc1nnn(-c2cccc(C(=O)O)c2)c1C1CCC1. The lowest BCUT2D eigenvalue weighted by Gasteiger charge is -2.25. The van der Waals surface area contributed by atoms with Crippen LogP contribution in [0.15, 0.2) is 24.3 Å². The van der Waals surface area contributed by atoms with Crippen LogP contribution in [0.3, 0.4) is 0 Å². The van der Waals surface area contributed by atoms with Crippen LogP contribution in [0.2, 0.25) is 0 Å². The molecule has 1 aliphatic rings. The molecule has 0 atom stereocenters. The third kappa shape index (κ3) is 1.93. The Kier molecular flexibility index (Phi) is 2.95. The molecule has 1 heterocycles. The average molecular weight is 268 g/mol. The molecule has 0 saturated heterocycles. The van der Waals surface area contributed by atoms with Gasteiger partial charge in [0.05, 0.1) is 16.9 Å². The first-order valence-electron chi connectivity index (χ1n) is 6.40. The molecule has 1 aromatic carbocycles. The minimum atomic E-state index is -0.988. The minimum Gasteiger partial charge on any atom is -0.478 e. The number of carbonyl (C=O) groups is 1. The second kappa shape index (κ2) is 4.78. The van der Waals surface area contributed by atoms with Gasteiger partial charge in [-0.2, -0.15) is 5.26 Å². The Morgan fingerprint density at radius 1 is 1.45 bits per heavy atom. The monoisotopic (exact) mass is 268 g/mol. The molecular formula is C14H12N4O2. The van der Waals surface area contributed by atoms with Crippen molar-refractivity contribution in [1.82, 2.24) is 15.0 Å². The van der Waals surface area contributed by atoms with Gasteiger partial charge in [0.2, 0.25) is 0 Å². The van der Waals surface area contributed by atoms with Crippen molar-refractivity contribution in [1.29, 1.82) is 5.26 Å². The van der Waals surface area contributed by atoms with Crippen LogP contribution in [0.4, 0.5) is 0 Å². The van der Waals surface area contributed by atoms with Crippen molar-refractivity contribution in [2.75, 3.05) is 0 Å². The number of nitriles is 1. The van der Waals surface area contributed by atoms with E-state index in [4.69, 9.17) is 10.4 Å². The Morgan fingerprint density at radius 3 is 2.85 bits per heavy atom. The number of aromatic carboxylic acids is 1. The molecule has 1 N–H and O–H groups in total. The molecule has 6 nitrogen and oxygen atoms in total. The van der Waals surface area contributed by atoms with E-state index < -0.39 is 5.97 Å². The number of nitrogens with zero attached hydrogens (tertiary/aromatic N) is 4. The fraction of sp³-hybridized carbons (Fsp3) is 0.286. The van der Waals surface area contributed by atoms with Gasteiger partial charge in [-0.25, -0.2) is 9.48 Å². The highest BCUT2D eigenvalue weighted by molar-refractivity contribution is 5.88. The van der Waals surface area contributed by atoms with Crippen molar-refractivity contribution in [2.24, 2.45) is 0 Å². The van der Waals surface area contributed by atoms with Gasteiger partial charge < -0.3 is 5.11 Å². The number of benzene rings is 1. The lowest BCUT2D eigenvalue weighted by molar-refractivity contribution is 0.0697. The van der Waals surface area contributed by atoms with Gasteiger partial charge in [0.1, 0.15) is 6.07 Å². The predicted molar refractivity (Wildman–Crippen MR) is 69.6 cm³/mol. The van der Waals surface area contributed by atoms with Gasteiger partial charge in [0.15, 0.2) is 5.69 Å². The number of aromatic nitrogens is 3.